The van der Waals surface area contributed by atoms with Crippen LogP contribution < -0.4 is 4.74 Å². The fourth-order valence-corrected chi connectivity index (χ4v) is 3.22. The van der Waals surface area contributed by atoms with Gasteiger partial charge in [0, 0.05) is 6.54 Å². The molecule has 1 saturated heterocycles. The second-order valence-electron chi connectivity index (χ2n) is 4.64. The minimum Gasteiger partial charge on any atom is -0.481 e. The molecule has 0 radical (unpaired) electrons. The number of carbonyl (C=O) groups excluding carboxylic acids is 3. The monoisotopic (exact) mass is 411 g/mol. The first kappa shape index (κ1) is 18.3. The van der Waals surface area contributed by atoms with Gasteiger partial charge in [-0.2, -0.15) is 0 Å². The number of esters is 1. The normalized spacial score (nSPS) is 15.8. The van der Waals surface area contributed by atoms with Crippen LogP contribution in [0.4, 0.5) is 4.79 Å². The van der Waals surface area contributed by atoms with Crippen molar-refractivity contribution in [2.24, 2.45) is 0 Å². The lowest BCUT2D eigenvalue weighted by Gasteiger charge is -2.08. The molecular formula is C16H14BrNO5S. The first-order valence-corrected chi connectivity index (χ1v) is 8.42. The van der Waals surface area contributed by atoms with Gasteiger partial charge in [-0.3, -0.25) is 14.5 Å². The fraction of sp³-hybridized carbons (Fsp3) is 0.188. The van der Waals surface area contributed by atoms with Gasteiger partial charge in [0.15, 0.2) is 6.61 Å². The number of ether oxygens (including phenoxy) is 2. The van der Waals surface area contributed by atoms with Crippen molar-refractivity contribution in [2.45, 2.75) is 0 Å². The van der Waals surface area contributed by atoms with E-state index in [1.165, 1.54) is 13.2 Å². The van der Waals surface area contributed by atoms with Gasteiger partial charge >= 0.3 is 5.97 Å². The molecule has 1 aliphatic heterocycles. The van der Waals surface area contributed by atoms with E-state index >= 15 is 0 Å². The molecule has 0 N–H and O–H groups in total. The molecule has 0 aliphatic carbocycles. The molecule has 0 spiro atoms. The van der Waals surface area contributed by atoms with E-state index in [-0.39, 0.29) is 24.3 Å². The minimum absolute atomic E-state index is 0.187. The highest BCUT2D eigenvalue weighted by molar-refractivity contribution is 9.10. The van der Waals surface area contributed by atoms with Gasteiger partial charge in [-0.15, -0.1) is 6.58 Å². The first-order chi connectivity index (χ1) is 11.5. The molecular weight excluding hydrogens is 398 g/mol. The van der Waals surface area contributed by atoms with E-state index in [2.05, 4.69) is 27.2 Å². The summed E-state index contributed by atoms with van der Waals surface area (Å²) in [6.07, 6.45) is 3.13. The highest BCUT2D eigenvalue weighted by Gasteiger charge is 2.34. The largest absolute Gasteiger partial charge is 0.481 e. The van der Waals surface area contributed by atoms with Gasteiger partial charge in [-0.25, -0.2) is 4.79 Å². The summed E-state index contributed by atoms with van der Waals surface area (Å²) in [6.45, 7) is 3.52. The summed E-state index contributed by atoms with van der Waals surface area (Å²) in [5.41, 5.74) is 0.719. The number of hydrogen-bond acceptors (Lipinski definition) is 6. The molecule has 0 saturated carbocycles. The average Bonchev–Trinajstić information content (AvgIpc) is 2.81. The lowest BCUT2D eigenvalue weighted by molar-refractivity contribution is -0.142. The zero-order valence-corrected chi connectivity index (χ0v) is 15.2. The van der Waals surface area contributed by atoms with Crippen molar-refractivity contribution in [3.63, 3.8) is 0 Å². The number of carbonyl (C=O) groups is 3. The summed E-state index contributed by atoms with van der Waals surface area (Å²) < 4.78 is 10.4. The smallest absolute Gasteiger partial charge is 0.343 e. The Morgan fingerprint density at radius 3 is 2.79 bits per heavy atom. The van der Waals surface area contributed by atoms with Crippen LogP contribution in [0.1, 0.15) is 5.56 Å². The van der Waals surface area contributed by atoms with Crippen LogP contribution in [0.15, 0.2) is 40.2 Å². The van der Waals surface area contributed by atoms with Crippen molar-refractivity contribution in [1.29, 1.82) is 0 Å². The summed E-state index contributed by atoms with van der Waals surface area (Å²) in [6, 6.07) is 5.11. The Morgan fingerprint density at radius 1 is 1.42 bits per heavy atom. The van der Waals surface area contributed by atoms with E-state index in [1.807, 2.05) is 0 Å². The van der Waals surface area contributed by atoms with E-state index in [4.69, 9.17) is 4.74 Å². The fourth-order valence-electron chi connectivity index (χ4n) is 1.86. The van der Waals surface area contributed by atoms with Gasteiger partial charge in [0.25, 0.3) is 11.1 Å². The van der Waals surface area contributed by atoms with Crippen molar-refractivity contribution in [1.82, 2.24) is 4.90 Å². The summed E-state index contributed by atoms with van der Waals surface area (Å²) >= 11 is 4.23. The molecule has 126 valence electrons. The molecule has 2 rings (SSSR count). The van der Waals surface area contributed by atoms with Crippen LogP contribution in [-0.4, -0.2) is 42.3 Å². The second kappa shape index (κ2) is 8.16. The quantitative estimate of drug-likeness (QED) is 0.406. The zero-order chi connectivity index (χ0) is 17.7. The molecule has 1 heterocycles. The SMILES string of the molecule is C=CCN1C(=O)SC(=Cc2ccc(OCC(=O)OC)c(Br)c2)C1=O. The van der Waals surface area contributed by atoms with Crippen molar-refractivity contribution >= 4 is 50.9 Å². The number of thioether (sulfide) groups is 1. The second-order valence-corrected chi connectivity index (χ2v) is 6.48. The van der Waals surface area contributed by atoms with Crippen molar-refractivity contribution in [2.75, 3.05) is 20.3 Å². The number of methoxy groups -OCH3 is 1. The van der Waals surface area contributed by atoms with Crippen LogP contribution in [0.25, 0.3) is 6.08 Å². The van der Waals surface area contributed by atoms with Crippen LogP contribution >= 0.6 is 27.7 Å². The standard InChI is InChI=1S/C16H14BrNO5S/c1-3-6-18-15(20)13(24-16(18)21)8-10-4-5-12(11(17)7-10)23-9-14(19)22-2/h3-5,7-8H,1,6,9H2,2H3. The maximum Gasteiger partial charge on any atom is 0.343 e. The topological polar surface area (TPSA) is 72.9 Å². The van der Waals surface area contributed by atoms with Gasteiger partial charge < -0.3 is 9.47 Å². The Hall–Kier alpha value is -2.06. The molecule has 0 unspecified atom stereocenters. The molecule has 0 atom stereocenters. The van der Waals surface area contributed by atoms with Gasteiger partial charge in [0.2, 0.25) is 0 Å². The lowest BCUT2D eigenvalue weighted by Crippen LogP contribution is -2.27. The number of halogens is 1. The molecule has 1 fully saturated rings. The maximum atomic E-state index is 12.2. The Kier molecular flexibility index (Phi) is 6.22. The molecule has 0 aromatic heterocycles. The Labute approximate surface area is 151 Å². The van der Waals surface area contributed by atoms with Crippen LogP contribution in [0.2, 0.25) is 0 Å². The third kappa shape index (κ3) is 4.27. The third-order valence-corrected chi connectivity index (χ3v) is 4.54. The maximum absolute atomic E-state index is 12.2. The summed E-state index contributed by atoms with van der Waals surface area (Å²) in [7, 11) is 1.28. The molecule has 8 heteroatoms. The predicted molar refractivity (Wildman–Crippen MR) is 94.5 cm³/mol. The van der Waals surface area contributed by atoms with E-state index in [9.17, 15) is 14.4 Å². The molecule has 0 bridgehead atoms. The Balaban J connectivity index is 2.14. The molecule has 1 aliphatic rings. The number of amides is 2. The van der Waals surface area contributed by atoms with Crippen LogP contribution in [0.5, 0.6) is 5.75 Å². The number of rotatable bonds is 6. The van der Waals surface area contributed by atoms with Crippen molar-refractivity contribution < 1.29 is 23.9 Å². The predicted octanol–water partition coefficient (Wildman–Crippen LogP) is 3.22. The minimum atomic E-state index is -0.484. The van der Waals surface area contributed by atoms with Gasteiger partial charge in [-0.05, 0) is 51.5 Å². The summed E-state index contributed by atoms with van der Waals surface area (Å²) in [4.78, 5) is 36.5. The number of benzene rings is 1. The molecule has 1 aromatic carbocycles. The van der Waals surface area contributed by atoms with E-state index in [0.717, 1.165) is 22.2 Å². The number of hydrogen-bond donors (Lipinski definition) is 0. The highest BCUT2D eigenvalue weighted by atomic mass is 79.9. The Bertz CT molecular complexity index is 731. The van der Waals surface area contributed by atoms with Crippen LogP contribution in [0, 0.1) is 0 Å². The summed E-state index contributed by atoms with van der Waals surface area (Å²) in [5, 5.41) is -0.316. The average molecular weight is 412 g/mol. The van der Waals surface area contributed by atoms with Crippen LogP contribution in [0.3, 0.4) is 0 Å². The Morgan fingerprint density at radius 2 is 2.17 bits per heavy atom. The molecule has 24 heavy (non-hydrogen) atoms. The van der Waals surface area contributed by atoms with Crippen LogP contribution in [-0.2, 0) is 14.3 Å². The summed E-state index contributed by atoms with van der Waals surface area (Å²) in [5.74, 6) is -0.355. The number of nitrogens with zero attached hydrogens (tertiary/aromatic N) is 1. The first-order valence-electron chi connectivity index (χ1n) is 6.81. The van der Waals surface area contributed by atoms with Gasteiger partial charge in [-0.1, -0.05) is 12.1 Å². The lowest BCUT2D eigenvalue weighted by atomic mass is 10.2. The highest BCUT2D eigenvalue weighted by Crippen LogP contribution is 2.33. The molecule has 1 aromatic rings. The molecule has 2 amide bonds. The van der Waals surface area contributed by atoms with Gasteiger partial charge in [0.05, 0.1) is 16.5 Å². The van der Waals surface area contributed by atoms with E-state index in [0.29, 0.717) is 15.1 Å². The molecule has 6 nitrogen and oxygen atoms in total. The van der Waals surface area contributed by atoms with Crippen molar-refractivity contribution in [3.05, 3.63) is 45.8 Å². The van der Waals surface area contributed by atoms with E-state index < -0.39 is 5.97 Å². The van der Waals surface area contributed by atoms with Gasteiger partial charge in [0.1, 0.15) is 5.75 Å². The zero-order valence-electron chi connectivity index (χ0n) is 12.8. The third-order valence-electron chi connectivity index (χ3n) is 3.01. The van der Waals surface area contributed by atoms with E-state index in [1.54, 1.807) is 24.3 Å². The van der Waals surface area contributed by atoms with Crippen molar-refractivity contribution in [3.8, 4) is 5.75 Å². The number of imide groups is 1.